The van der Waals surface area contributed by atoms with Crippen molar-refractivity contribution in [2.45, 2.75) is 19.9 Å². The Morgan fingerprint density at radius 2 is 2.12 bits per heavy atom. The molecular weight excluding hydrogens is 206 g/mol. The third-order valence-corrected chi connectivity index (χ3v) is 2.44. The molecule has 2 N–H and O–H groups in total. The Labute approximate surface area is 94.5 Å². The van der Waals surface area contributed by atoms with Crippen LogP contribution in [0.3, 0.4) is 0 Å². The lowest BCUT2D eigenvalue weighted by Gasteiger charge is -2.11. The maximum atomic E-state index is 11.6. The highest BCUT2D eigenvalue weighted by atomic mass is 16.2. The highest BCUT2D eigenvalue weighted by molar-refractivity contribution is 5.75. The van der Waals surface area contributed by atoms with Crippen LogP contribution in [-0.4, -0.2) is 29.5 Å². The molecule has 1 aromatic rings. The van der Waals surface area contributed by atoms with Crippen LogP contribution in [-0.2, 0) is 11.3 Å². The zero-order valence-corrected chi connectivity index (χ0v) is 9.86. The quantitative estimate of drug-likeness (QED) is 0.796. The number of nitrogens with two attached hydrogens (primary N) is 1. The highest BCUT2D eigenvalue weighted by Gasteiger charge is 2.06. The van der Waals surface area contributed by atoms with Gasteiger partial charge in [-0.05, 0) is 12.5 Å². The van der Waals surface area contributed by atoms with Gasteiger partial charge in [-0.25, -0.2) is 0 Å². The van der Waals surface area contributed by atoms with Crippen molar-refractivity contribution in [2.24, 2.45) is 0 Å². The first kappa shape index (κ1) is 12.3. The molecule has 1 rings (SSSR count). The van der Waals surface area contributed by atoms with Crippen LogP contribution in [0.2, 0.25) is 0 Å². The molecule has 0 fully saturated rings. The Kier molecular flexibility index (Phi) is 3.71. The average Bonchev–Trinajstić information content (AvgIpc) is 2.20. The van der Waals surface area contributed by atoms with Crippen molar-refractivity contribution in [3.05, 3.63) is 28.2 Å². The molecule has 0 unspecified atom stereocenters. The first-order valence-electron chi connectivity index (χ1n) is 5.08. The lowest BCUT2D eigenvalue weighted by molar-refractivity contribution is -0.128. The van der Waals surface area contributed by atoms with Crippen molar-refractivity contribution in [3.63, 3.8) is 0 Å². The fraction of sp³-hybridized carbons (Fsp3) is 0.455. The predicted molar refractivity (Wildman–Crippen MR) is 63.2 cm³/mol. The number of carbonyl (C=O) groups is 1. The summed E-state index contributed by atoms with van der Waals surface area (Å²) in [5, 5.41) is 0. The molecule has 5 nitrogen and oxygen atoms in total. The van der Waals surface area contributed by atoms with Crippen LogP contribution >= 0.6 is 0 Å². The molecule has 0 atom stereocenters. The van der Waals surface area contributed by atoms with E-state index in [2.05, 4.69) is 0 Å². The van der Waals surface area contributed by atoms with Gasteiger partial charge in [-0.3, -0.25) is 9.59 Å². The predicted octanol–water partition coefficient (Wildman–Crippen LogP) is 0.217. The van der Waals surface area contributed by atoms with Crippen LogP contribution in [0.25, 0.3) is 0 Å². The summed E-state index contributed by atoms with van der Waals surface area (Å²) >= 11 is 0. The van der Waals surface area contributed by atoms with Crippen LogP contribution in [0.4, 0.5) is 5.69 Å². The van der Waals surface area contributed by atoms with E-state index in [4.69, 9.17) is 5.73 Å². The van der Waals surface area contributed by atoms with Gasteiger partial charge in [-0.2, -0.15) is 0 Å². The van der Waals surface area contributed by atoms with Gasteiger partial charge in [0.15, 0.2) is 0 Å². The molecule has 0 saturated carbocycles. The topological polar surface area (TPSA) is 68.3 Å². The summed E-state index contributed by atoms with van der Waals surface area (Å²) in [6.07, 6.45) is 1.88. The van der Waals surface area contributed by atoms with Crippen molar-refractivity contribution < 1.29 is 4.79 Å². The van der Waals surface area contributed by atoms with Crippen molar-refractivity contribution in [2.75, 3.05) is 19.8 Å². The summed E-state index contributed by atoms with van der Waals surface area (Å²) < 4.78 is 1.46. The second kappa shape index (κ2) is 4.83. The number of amides is 1. The van der Waals surface area contributed by atoms with Crippen LogP contribution in [0, 0.1) is 6.92 Å². The lowest BCUT2D eigenvalue weighted by atomic mass is 10.2. The maximum absolute atomic E-state index is 11.6. The van der Waals surface area contributed by atoms with E-state index >= 15 is 0 Å². The average molecular weight is 223 g/mol. The van der Waals surface area contributed by atoms with Gasteiger partial charge in [0.2, 0.25) is 5.91 Å². The molecular formula is C11H17N3O2. The number of aromatic nitrogens is 1. The number of aryl methyl sites for hydroxylation is 2. The molecule has 0 aliphatic carbocycles. The number of hydrogen-bond donors (Lipinski definition) is 1. The minimum absolute atomic E-state index is 0.00829. The molecule has 1 aromatic heterocycles. The van der Waals surface area contributed by atoms with Gasteiger partial charge in [0.1, 0.15) is 0 Å². The minimum Gasteiger partial charge on any atom is -0.397 e. The number of anilines is 1. The number of nitrogens with zero attached hydrogens (tertiary/aromatic N) is 2. The molecule has 0 aliphatic rings. The van der Waals surface area contributed by atoms with Crippen LogP contribution in [0.15, 0.2) is 17.1 Å². The smallest absolute Gasteiger partial charge is 0.250 e. The Hall–Kier alpha value is -1.78. The number of pyridine rings is 1. The number of rotatable bonds is 3. The molecule has 0 aliphatic heterocycles. The van der Waals surface area contributed by atoms with Crippen LogP contribution in [0.5, 0.6) is 0 Å². The van der Waals surface area contributed by atoms with Crippen molar-refractivity contribution in [3.8, 4) is 0 Å². The van der Waals surface area contributed by atoms with E-state index in [-0.39, 0.29) is 11.5 Å². The maximum Gasteiger partial charge on any atom is 0.250 e. The molecule has 0 saturated heterocycles. The monoisotopic (exact) mass is 223 g/mol. The molecule has 0 radical (unpaired) electrons. The van der Waals surface area contributed by atoms with Gasteiger partial charge < -0.3 is 15.2 Å². The molecule has 1 amide bonds. The van der Waals surface area contributed by atoms with Crippen LogP contribution in [0.1, 0.15) is 12.0 Å². The number of nitrogen functional groups attached to an aromatic ring is 1. The van der Waals surface area contributed by atoms with Crippen molar-refractivity contribution in [1.82, 2.24) is 9.47 Å². The van der Waals surface area contributed by atoms with E-state index in [1.165, 1.54) is 15.5 Å². The molecule has 1 heterocycles. The first-order valence-corrected chi connectivity index (χ1v) is 5.08. The number of carbonyl (C=O) groups excluding carboxylic acids is 1. The van der Waals surface area contributed by atoms with Gasteiger partial charge in [-0.1, -0.05) is 0 Å². The fourth-order valence-corrected chi connectivity index (χ4v) is 1.30. The summed E-state index contributed by atoms with van der Waals surface area (Å²) in [5.41, 5.74) is 6.90. The zero-order chi connectivity index (χ0) is 12.3. The molecule has 88 valence electrons. The highest BCUT2D eigenvalue weighted by Crippen LogP contribution is 2.05. The number of hydrogen-bond acceptors (Lipinski definition) is 3. The summed E-state index contributed by atoms with van der Waals surface area (Å²) in [7, 11) is 3.38. The Balaban J connectivity index is 2.79. The molecule has 0 aromatic carbocycles. The van der Waals surface area contributed by atoms with Gasteiger partial charge in [-0.15, -0.1) is 0 Å². The largest absolute Gasteiger partial charge is 0.397 e. The second-order valence-electron chi connectivity index (χ2n) is 3.98. The Morgan fingerprint density at radius 3 is 2.69 bits per heavy atom. The van der Waals surface area contributed by atoms with Gasteiger partial charge in [0.25, 0.3) is 5.56 Å². The minimum atomic E-state index is -0.127. The summed E-state index contributed by atoms with van der Waals surface area (Å²) in [6, 6.07) is 1.48. The molecule has 16 heavy (non-hydrogen) atoms. The van der Waals surface area contributed by atoms with Crippen LogP contribution < -0.4 is 11.3 Å². The molecule has 0 spiro atoms. The van der Waals surface area contributed by atoms with E-state index in [0.29, 0.717) is 18.7 Å². The van der Waals surface area contributed by atoms with Gasteiger partial charge >= 0.3 is 0 Å². The third kappa shape index (κ3) is 2.85. The first-order chi connectivity index (χ1) is 7.41. The van der Waals surface area contributed by atoms with E-state index in [9.17, 15) is 9.59 Å². The van der Waals surface area contributed by atoms with E-state index < -0.39 is 0 Å². The Morgan fingerprint density at radius 1 is 1.50 bits per heavy atom. The van der Waals surface area contributed by atoms with E-state index in [1.54, 1.807) is 27.2 Å². The van der Waals surface area contributed by atoms with Crippen molar-refractivity contribution >= 4 is 11.6 Å². The van der Waals surface area contributed by atoms with Crippen molar-refractivity contribution in [1.29, 1.82) is 0 Å². The lowest BCUT2D eigenvalue weighted by Crippen LogP contribution is -2.26. The summed E-state index contributed by atoms with van der Waals surface area (Å²) in [5.74, 6) is -0.00829. The van der Waals surface area contributed by atoms with Gasteiger partial charge in [0, 0.05) is 39.3 Å². The summed E-state index contributed by atoms with van der Waals surface area (Å²) in [6.45, 7) is 2.15. The summed E-state index contributed by atoms with van der Waals surface area (Å²) in [4.78, 5) is 24.4. The van der Waals surface area contributed by atoms with E-state index in [1.807, 2.05) is 0 Å². The van der Waals surface area contributed by atoms with Gasteiger partial charge in [0.05, 0.1) is 5.69 Å². The van der Waals surface area contributed by atoms with E-state index in [0.717, 1.165) is 5.56 Å². The fourth-order valence-electron chi connectivity index (χ4n) is 1.30. The molecule has 0 bridgehead atoms. The Bertz CT molecular complexity index is 449. The zero-order valence-electron chi connectivity index (χ0n) is 9.86. The third-order valence-electron chi connectivity index (χ3n) is 2.44. The second-order valence-corrected chi connectivity index (χ2v) is 3.98. The standard InChI is InChI=1S/C11H17N3O2/c1-8-6-11(16)14(7-9(8)12)5-4-10(15)13(2)3/h6-7H,4-5,12H2,1-3H3. The normalized spacial score (nSPS) is 10.2. The SMILES string of the molecule is Cc1cc(=O)n(CCC(=O)N(C)C)cc1N. The molecule has 5 heteroatoms.